The van der Waals surface area contributed by atoms with Crippen molar-refractivity contribution >= 4 is 5.71 Å². The van der Waals surface area contributed by atoms with Crippen molar-refractivity contribution in [2.75, 3.05) is 0 Å². The molecular formula is C8H8F3N. The highest BCUT2D eigenvalue weighted by Gasteiger charge is 2.39. The molecule has 12 heavy (non-hydrogen) atoms. The van der Waals surface area contributed by atoms with Crippen molar-refractivity contribution in [3.8, 4) is 0 Å². The first-order chi connectivity index (χ1) is 5.57. The van der Waals surface area contributed by atoms with Gasteiger partial charge in [0.15, 0.2) is 0 Å². The van der Waals surface area contributed by atoms with E-state index < -0.39 is 11.7 Å². The van der Waals surface area contributed by atoms with Crippen LogP contribution in [-0.4, -0.2) is 11.9 Å². The van der Waals surface area contributed by atoms with Gasteiger partial charge in [-0.2, -0.15) is 13.2 Å². The molecule has 1 fully saturated rings. The summed E-state index contributed by atoms with van der Waals surface area (Å²) in [7, 11) is 0. The molecule has 1 saturated carbocycles. The van der Waals surface area contributed by atoms with E-state index in [2.05, 4.69) is 4.99 Å². The Kier molecular flexibility index (Phi) is 1.53. The van der Waals surface area contributed by atoms with Gasteiger partial charge in [-0.15, -0.1) is 0 Å². The number of hydrogen-bond donors (Lipinski definition) is 0. The van der Waals surface area contributed by atoms with Crippen molar-refractivity contribution in [3.05, 3.63) is 11.8 Å². The molecule has 4 heteroatoms. The van der Waals surface area contributed by atoms with Crippen LogP contribution in [0.1, 0.15) is 19.3 Å². The lowest BCUT2D eigenvalue weighted by Gasteiger charge is -2.06. The Labute approximate surface area is 68.0 Å². The molecular weight excluding hydrogens is 167 g/mol. The van der Waals surface area contributed by atoms with E-state index in [9.17, 15) is 13.2 Å². The average Bonchev–Trinajstić information content (AvgIpc) is 2.66. The molecule has 1 nitrogen and oxygen atoms in total. The van der Waals surface area contributed by atoms with Crippen LogP contribution in [0.15, 0.2) is 16.8 Å². The van der Waals surface area contributed by atoms with Gasteiger partial charge in [0, 0.05) is 18.3 Å². The molecule has 0 radical (unpaired) electrons. The predicted molar refractivity (Wildman–Crippen MR) is 38.9 cm³/mol. The second-order valence-electron chi connectivity index (χ2n) is 3.22. The summed E-state index contributed by atoms with van der Waals surface area (Å²) in [6.45, 7) is 0. The van der Waals surface area contributed by atoms with Gasteiger partial charge in [-0.25, -0.2) is 0 Å². The summed E-state index contributed by atoms with van der Waals surface area (Å²) in [6, 6.07) is 0. The normalized spacial score (nSPS) is 23.9. The van der Waals surface area contributed by atoms with E-state index >= 15 is 0 Å². The Bertz CT molecular complexity index is 258. The maximum atomic E-state index is 12.1. The van der Waals surface area contributed by atoms with Gasteiger partial charge in [0.05, 0.1) is 5.57 Å². The fourth-order valence-electron chi connectivity index (χ4n) is 1.29. The van der Waals surface area contributed by atoms with Crippen LogP contribution in [0.25, 0.3) is 0 Å². The largest absolute Gasteiger partial charge is 0.414 e. The minimum atomic E-state index is -4.18. The maximum Gasteiger partial charge on any atom is 0.414 e. The minimum Gasteiger partial charge on any atom is -0.265 e. The van der Waals surface area contributed by atoms with Gasteiger partial charge in [0.1, 0.15) is 0 Å². The molecule has 1 aliphatic heterocycles. The number of rotatable bonds is 1. The van der Waals surface area contributed by atoms with Crippen LogP contribution in [0.5, 0.6) is 0 Å². The fraction of sp³-hybridized carbons (Fsp3) is 0.625. The van der Waals surface area contributed by atoms with Gasteiger partial charge in [0.2, 0.25) is 0 Å². The van der Waals surface area contributed by atoms with E-state index in [1.807, 2.05) is 0 Å². The van der Waals surface area contributed by atoms with Crippen molar-refractivity contribution in [1.29, 1.82) is 0 Å². The molecule has 0 saturated heterocycles. The van der Waals surface area contributed by atoms with Gasteiger partial charge in [-0.1, -0.05) is 0 Å². The van der Waals surface area contributed by atoms with Gasteiger partial charge in [-0.05, 0) is 18.8 Å². The Hall–Kier alpha value is -0.800. The third-order valence-corrected chi connectivity index (χ3v) is 2.17. The average molecular weight is 175 g/mol. The van der Waals surface area contributed by atoms with E-state index in [0.717, 1.165) is 24.8 Å². The molecule has 1 aliphatic carbocycles. The summed E-state index contributed by atoms with van der Waals surface area (Å²) in [5.74, 6) is 0.348. The van der Waals surface area contributed by atoms with E-state index in [0.29, 0.717) is 5.92 Å². The highest BCUT2D eigenvalue weighted by Crippen LogP contribution is 2.39. The quantitative estimate of drug-likeness (QED) is 0.581. The first kappa shape index (κ1) is 7.83. The van der Waals surface area contributed by atoms with Crippen molar-refractivity contribution < 1.29 is 13.2 Å². The molecule has 0 aromatic rings. The molecule has 0 spiro atoms. The summed E-state index contributed by atoms with van der Waals surface area (Å²) >= 11 is 0. The molecule has 0 N–H and O–H groups in total. The lowest BCUT2D eigenvalue weighted by Crippen LogP contribution is -2.12. The standard InChI is InChI=1S/C8H8F3N/c9-8(10,11)6-3-7(12-4-6)5-1-2-5/h4-5H,1-3H2. The van der Waals surface area contributed by atoms with E-state index in [1.165, 1.54) is 0 Å². The molecule has 0 aromatic carbocycles. The first-order valence-corrected chi connectivity index (χ1v) is 3.90. The van der Waals surface area contributed by atoms with Gasteiger partial charge in [-0.3, -0.25) is 4.99 Å². The SMILES string of the molecule is FC(F)(F)C1=CN=C(C2CC2)C1. The highest BCUT2D eigenvalue weighted by molar-refractivity contribution is 5.93. The van der Waals surface area contributed by atoms with Crippen LogP contribution >= 0.6 is 0 Å². The van der Waals surface area contributed by atoms with Crippen molar-refractivity contribution in [2.24, 2.45) is 10.9 Å². The second kappa shape index (κ2) is 2.34. The van der Waals surface area contributed by atoms with E-state index in [1.54, 1.807) is 0 Å². The van der Waals surface area contributed by atoms with Crippen LogP contribution in [0.4, 0.5) is 13.2 Å². The maximum absolute atomic E-state index is 12.1. The zero-order chi connectivity index (χ0) is 8.77. The third-order valence-electron chi connectivity index (χ3n) is 2.17. The smallest absolute Gasteiger partial charge is 0.265 e. The predicted octanol–water partition coefficient (Wildman–Crippen LogP) is 2.69. The summed E-state index contributed by atoms with van der Waals surface area (Å²) in [5.41, 5.74) is 0.228. The van der Waals surface area contributed by atoms with Crippen molar-refractivity contribution in [2.45, 2.75) is 25.4 Å². The number of hydrogen-bond acceptors (Lipinski definition) is 1. The lowest BCUT2D eigenvalue weighted by molar-refractivity contribution is -0.0923. The first-order valence-electron chi connectivity index (χ1n) is 3.90. The number of allylic oxidation sites excluding steroid dienone is 1. The van der Waals surface area contributed by atoms with Gasteiger partial charge < -0.3 is 0 Å². The summed E-state index contributed by atoms with van der Waals surface area (Å²) in [4.78, 5) is 3.78. The lowest BCUT2D eigenvalue weighted by atomic mass is 10.1. The summed E-state index contributed by atoms with van der Waals surface area (Å²) in [6.07, 6.45) is -1.17. The topological polar surface area (TPSA) is 12.4 Å². The molecule has 2 rings (SSSR count). The van der Waals surface area contributed by atoms with Crippen LogP contribution in [0.3, 0.4) is 0 Å². The zero-order valence-electron chi connectivity index (χ0n) is 6.36. The molecule has 2 aliphatic rings. The van der Waals surface area contributed by atoms with Crippen LogP contribution in [-0.2, 0) is 0 Å². The molecule has 0 aromatic heterocycles. The number of nitrogens with zero attached hydrogens (tertiary/aromatic N) is 1. The van der Waals surface area contributed by atoms with Gasteiger partial charge in [0.25, 0.3) is 0 Å². The Morgan fingerprint density at radius 3 is 2.42 bits per heavy atom. The number of halogens is 3. The minimum absolute atomic E-state index is 0.0220. The monoisotopic (exact) mass is 175 g/mol. The second-order valence-corrected chi connectivity index (χ2v) is 3.22. The van der Waals surface area contributed by atoms with Crippen LogP contribution < -0.4 is 0 Å². The van der Waals surface area contributed by atoms with E-state index in [4.69, 9.17) is 0 Å². The molecule has 1 heterocycles. The molecule has 0 unspecified atom stereocenters. The molecule has 66 valence electrons. The number of alkyl halides is 3. The molecule has 0 amide bonds. The third kappa shape index (κ3) is 1.38. The van der Waals surface area contributed by atoms with Gasteiger partial charge >= 0.3 is 6.18 Å². The fourth-order valence-corrected chi connectivity index (χ4v) is 1.29. The summed E-state index contributed by atoms with van der Waals surface area (Å²) < 4.78 is 36.2. The summed E-state index contributed by atoms with van der Waals surface area (Å²) in [5, 5.41) is 0. The highest BCUT2D eigenvalue weighted by atomic mass is 19.4. The van der Waals surface area contributed by atoms with Crippen LogP contribution in [0.2, 0.25) is 0 Å². The van der Waals surface area contributed by atoms with Crippen molar-refractivity contribution in [1.82, 2.24) is 0 Å². The Balaban J connectivity index is 2.01. The Morgan fingerprint density at radius 1 is 1.33 bits per heavy atom. The van der Waals surface area contributed by atoms with Crippen molar-refractivity contribution in [3.63, 3.8) is 0 Å². The van der Waals surface area contributed by atoms with E-state index in [-0.39, 0.29) is 6.42 Å². The van der Waals surface area contributed by atoms with Crippen LogP contribution in [0, 0.1) is 5.92 Å². The molecule has 0 atom stereocenters. The Morgan fingerprint density at radius 2 is 2.00 bits per heavy atom. The molecule has 0 bridgehead atoms. The zero-order valence-corrected chi connectivity index (χ0v) is 6.36. The number of aliphatic imine (C=N–C) groups is 1.